The fraction of sp³-hybridized carbons (Fsp3) is 1.00. The minimum absolute atomic E-state index is 0.0247. The third-order valence-corrected chi connectivity index (χ3v) is 4.01. The zero-order valence-electron chi connectivity index (χ0n) is 12.2. The van der Waals surface area contributed by atoms with Crippen LogP contribution in [0.4, 0.5) is 0 Å². The van der Waals surface area contributed by atoms with E-state index >= 15 is 0 Å². The molecule has 2 heteroatoms. The summed E-state index contributed by atoms with van der Waals surface area (Å²) in [6.07, 6.45) is 8.02. The van der Waals surface area contributed by atoms with Crippen molar-refractivity contribution in [2.45, 2.75) is 77.9 Å². The van der Waals surface area contributed by atoms with Crippen LogP contribution in [-0.4, -0.2) is 24.8 Å². The van der Waals surface area contributed by atoms with Crippen LogP contribution in [-0.2, 0) is 4.74 Å². The molecule has 0 heterocycles. The van der Waals surface area contributed by atoms with Crippen molar-refractivity contribution in [1.29, 1.82) is 0 Å². The summed E-state index contributed by atoms with van der Waals surface area (Å²) in [5, 5.41) is 3.50. The van der Waals surface area contributed by atoms with E-state index in [9.17, 15) is 0 Å². The summed E-state index contributed by atoms with van der Waals surface area (Å²) < 4.78 is 6.38. The van der Waals surface area contributed by atoms with Crippen LogP contribution in [0.2, 0.25) is 0 Å². The van der Waals surface area contributed by atoms with E-state index in [1.54, 1.807) is 0 Å². The summed E-state index contributed by atoms with van der Waals surface area (Å²) >= 11 is 0. The van der Waals surface area contributed by atoms with Crippen molar-refractivity contribution in [3.05, 3.63) is 0 Å². The zero-order valence-corrected chi connectivity index (χ0v) is 12.2. The third kappa shape index (κ3) is 5.39. The van der Waals surface area contributed by atoms with Crippen molar-refractivity contribution >= 4 is 0 Å². The summed E-state index contributed by atoms with van der Waals surface area (Å²) in [6.45, 7) is 11.1. The Bertz CT molecular complexity index is 207. The van der Waals surface area contributed by atoms with Gasteiger partial charge in [-0.3, -0.25) is 0 Å². The molecular formula is C15H31NO. The second kappa shape index (κ2) is 7.38. The second-order valence-corrected chi connectivity index (χ2v) is 5.99. The SMILES string of the molecule is CCCNCC(C)(CC)OC1CCCC(C)C1. The average molecular weight is 241 g/mol. The number of rotatable bonds is 7. The van der Waals surface area contributed by atoms with Crippen LogP contribution < -0.4 is 5.32 Å². The highest BCUT2D eigenvalue weighted by Crippen LogP contribution is 2.29. The Labute approximate surface area is 108 Å². The van der Waals surface area contributed by atoms with Gasteiger partial charge < -0.3 is 10.1 Å². The molecule has 0 aromatic carbocycles. The van der Waals surface area contributed by atoms with E-state index in [4.69, 9.17) is 4.74 Å². The molecule has 0 aliphatic heterocycles. The fourth-order valence-corrected chi connectivity index (χ4v) is 2.67. The van der Waals surface area contributed by atoms with Gasteiger partial charge in [0.2, 0.25) is 0 Å². The highest BCUT2D eigenvalue weighted by molar-refractivity contribution is 4.81. The minimum Gasteiger partial charge on any atom is -0.371 e. The molecule has 17 heavy (non-hydrogen) atoms. The van der Waals surface area contributed by atoms with Gasteiger partial charge in [0.15, 0.2) is 0 Å². The molecular weight excluding hydrogens is 210 g/mol. The quantitative estimate of drug-likeness (QED) is 0.685. The van der Waals surface area contributed by atoms with E-state index in [1.165, 1.54) is 32.1 Å². The van der Waals surface area contributed by atoms with Gasteiger partial charge in [0.1, 0.15) is 0 Å². The smallest absolute Gasteiger partial charge is 0.0779 e. The summed E-state index contributed by atoms with van der Waals surface area (Å²) in [6, 6.07) is 0. The Morgan fingerprint density at radius 1 is 1.29 bits per heavy atom. The topological polar surface area (TPSA) is 21.3 Å². The van der Waals surface area contributed by atoms with Crippen LogP contribution in [0.15, 0.2) is 0 Å². The number of hydrogen-bond acceptors (Lipinski definition) is 2. The van der Waals surface area contributed by atoms with Crippen molar-refractivity contribution in [3.63, 3.8) is 0 Å². The van der Waals surface area contributed by atoms with Crippen LogP contribution >= 0.6 is 0 Å². The molecule has 1 fully saturated rings. The van der Waals surface area contributed by atoms with Gasteiger partial charge in [0, 0.05) is 6.54 Å². The van der Waals surface area contributed by atoms with Crippen LogP contribution in [0.1, 0.15) is 66.2 Å². The third-order valence-electron chi connectivity index (χ3n) is 4.01. The van der Waals surface area contributed by atoms with Crippen LogP contribution in [0.25, 0.3) is 0 Å². The molecule has 3 unspecified atom stereocenters. The number of hydrogen-bond donors (Lipinski definition) is 1. The molecule has 1 rings (SSSR count). The average Bonchev–Trinajstić information content (AvgIpc) is 2.29. The van der Waals surface area contributed by atoms with Gasteiger partial charge >= 0.3 is 0 Å². The summed E-state index contributed by atoms with van der Waals surface area (Å²) in [4.78, 5) is 0. The van der Waals surface area contributed by atoms with E-state index in [0.29, 0.717) is 6.10 Å². The molecule has 1 aliphatic carbocycles. The van der Waals surface area contributed by atoms with Gasteiger partial charge in [-0.1, -0.05) is 33.6 Å². The highest BCUT2D eigenvalue weighted by atomic mass is 16.5. The molecule has 1 saturated carbocycles. The molecule has 2 nitrogen and oxygen atoms in total. The number of ether oxygens (including phenoxy) is 1. The van der Waals surface area contributed by atoms with Crippen molar-refractivity contribution in [2.24, 2.45) is 5.92 Å². The Kier molecular flexibility index (Phi) is 6.50. The maximum absolute atomic E-state index is 6.38. The first-order valence-corrected chi connectivity index (χ1v) is 7.48. The van der Waals surface area contributed by atoms with Gasteiger partial charge in [-0.25, -0.2) is 0 Å². The van der Waals surface area contributed by atoms with Crippen LogP contribution in [0.5, 0.6) is 0 Å². The van der Waals surface area contributed by atoms with Crippen LogP contribution in [0, 0.1) is 5.92 Å². The fourth-order valence-electron chi connectivity index (χ4n) is 2.67. The van der Waals surface area contributed by atoms with Gasteiger partial charge in [-0.05, 0) is 45.1 Å². The monoisotopic (exact) mass is 241 g/mol. The summed E-state index contributed by atoms with van der Waals surface area (Å²) in [5.41, 5.74) is 0.0247. The largest absolute Gasteiger partial charge is 0.371 e. The molecule has 0 bridgehead atoms. The molecule has 1 aliphatic rings. The molecule has 0 amide bonds. The standard InChI is InChI=1S/C15H31NO/c1-5-10-16-12-15(4,6-2)17-14-9-7-8-13(3)11-14/h13-14,16H,5-12H2,1-4H3. The predicted molar refractivity (Wildman–Crippen MR) is 74.4 cm³/mol. The lowest BCUT2D eigenvalue weighted by Crippen LogP contribution is -2.43. The van der Waals surface area contributed by atoms with E-state index in [0.717, 1.165) is 25.4 Å². The lowest BCUT2D eigenvalue weighted by molar-refractivity contribution is -0.101. The molecule has 0 spiro atoms. The zero-order chi connectivity index (χ0) is 12.7. The summed E-state index contributed by atoms with van der Waals surface area (Å²) in [5.74, 6) is 0.846. The van der Waals surface area contributed by atoms with Gasteiger partial charge in [-0.15, -0.1) is 0 Å². The molecule has 3 atom stereocenters. The van der Waals surface area contributed by atoms with Crippen molar-refractivity contribution in [2.75, 3.05) is 13.1 Å². The van der Waals surface area contributed by atoms with Gasteiger partial charge in [0.05, 0.1) is 11.7 Å². The van der Waals surface area contributed by atoms with Gasteiger partial charge in [0.25, 0.3) is 0 Å². The van der Waals surface area contributed by atoms with E-state index < -0.39 is 0 Å². The van der Waals surface area contributed by atoms with E-state index in [1.807, 2.05) is 0 Å². The minimum atomic E-state index is 0.0247. The van der Waals surface area contributed by atoms with Crippen molar-refractivity contribution in [1.82, 2.24) is 5.32 Å². The van der Waals surface area contributed by atoms with E-state index in [-0.39, 0.29) is 5.60 Å². The molecule has 0 saturated heterocycles. The molecule has 0 aromatic heterocycles. The van der Waals surface area contributed by atoms with Crippen molar-refractivity contribution < 1.29 is 4.74 Å². The Hall–Kier alpha value is -0.0800. The maximum Gasteiger partial charge on any atom is 0.0779 e. The summed E-state index contributed by atoms with van der Waals surface area (Å²) in [7, 11) is 0. The molecule has 0 aromatic rings. The Morgan fingerprint density at radius 2 is 2.06 bits per heavy atom. The lowest BCUT2D eigenvalue weighted by atomic mass is 9.88. The first-order chi connectivity index (χ1) is 8.09. The Morgan fingerprint density at radius 3 is 2.65 bits per heavy atom. The first kappa shape index (κ1) is 15.0. The predicted octanol–water partition coefficient (Wildman–Crippen LogP) is 3.75. The molecule has 0 radical (unpaired) electrons. The van der Waals surface area contributed by atoms with Crippen molar-refractivity contribution in [3.8, 4) is 0 Å². The lowest BCUT2D eigenvalue weighted by Gasteiger charge is -2.37. The number of nitrogens with one attached hydrogen (secondary N) is 1. The van der Waals surface area contributed by atoms with Gasteiger partial charge in [-0.2, -0.15) is 0 Å². The normalized spacial score (nSPS) is 28.9. The molecule has 1 N–H and O–H groups in total. The maximum atomic E-state index is 6.38. The highest BCUT2D eigenvalue weighted by Gasteiger charge is 2.29. The molecule has 102 valence electrons. The second-order valence-electron chi connectivity index (χ2n) is 5.99. The van der Waals surface area contributed by atoms with Crippen LogP contribution in [0.3, 0.4) is 0 Å². The van der Waals surface area contributed by atoms with E-state index in [2.05, 4.69) is 33.0 Å². The Balaban J connectivity index is 2.37. The first-order valence-electron chi connectivity index (χ1n) is 7.48.